The van der Waals surface area contributed by atoms with E-state index in [4.69, 9.17) is 34.0 Å². The van der Waals surface area contributed by atoms with Crippen molar-refractivity contribution in [3.05, 3.63) is 29.8 Å². The molecule has 2 aliphatic heterocycles. The largest absolute Gasteiger partial charge is 0.497 e. The number of alkyl halides is 6. The number of rotatable bonds is 7. The van der Waals surface area contributed by atoms with E-state index >= 15 is 0 Å². The summed E-state index contributed by atoms with van der Waals surface area (Å²) >= 11 is 0. The third-order valence-electron chi connectivity index (χ3n) is 5.48. The average Bonchev–Trinajstić information content (AvgIpc) is 3.16. The van der Waals surface area contributed by atoms with Crippen molar-refractivity contribution in [2.75, 3.05) is 47.5 Å². The molecule has 2 saturated heterocycles. The molecule has 0 aliphatic carbocycles. The Bertz CT molecular complexity index is 841. The van der Waals surface area contributed by atoms with Gasteiger partial charge in [0.1, 0.15) is 11.9 Å². The average molecular weight is 563 g/mol. The summed E-state index contributed by atoms with van der Waals surface area (Å²) in [5.41, 5.74) is 1.31. The maximum atomic E-state index is 10.6. The smallest absolute Gasteiger partial charge is 0.490 e. The Kier molecular flexibility index (Phi) is 13.3. The minimum Gasteiger partial charge on any atom is -0.497 e. The van der Waals surface area contributed by atoms with Crippen LogP contribution in [0.15, 0.2) is 24.3 Å². The topological polar surface area (TPSA) is 109 Å². The Morgan fingerprint density at radius 1 is 1.05 bits per heavy atom. The minimum absolute atomic E-state index is 0.188. The third kappa shape index (κ3) is 11.8. The van der Waals surface area contributed by atoms with Crippen LogP contribution in [-0.4, -0.2) is 110 Å². The lowest BCUT2D eigenvalue weighted by atomic mass is 10.0. The fraction of sp³-hybridized carbons (Fsp3) is 0.652. The Balaban J connectivity index is 0.000000426. The Morgan fingerprint density at radius 2 is 1.58 bits per heavy atom. The fourth-order valence-corrected chi connectivity index (χ4v) is 3.68. The summed E-state index contributed by atoms with van der Waals surface area (Å²) in [6.07, 6.45) is -7.41. The first-order valence-corrected chi connectivity index (χ1v) is 11.4. The van der Waals surface area contributed by atoms with E-state index in [0.29, 0.717) is 6.04 Å². The molecule has 2 fully saturated rings. The lowest BCUT2D eigenvalue weighted by Gasteiger charge is -2.32. The number of likely N-dealkylation sites (tertiary alicyclic amines) is 1. The lowest BCUT2D eigenvalue weighted by molar-refractivity contribution is -0.193. The van der Waals surface area contributed by atoms with Crippen LogP contribution in [-0.2, 0) is 25.6 Å². The Morgan fingerprint density at radius 3 is 2.03 bits per heavy atom. The van der Waals surface area contributed by atoms with Gasteiger partial charge < -0.3 is 29.3 Å². The van der Waals surface area contributed by atoms with Crippen LogP contribution in [0.4, 0.5) is 26.3 Å². The third-order valence-corrected chi connectivity index (χ3v) is 5.48. The van der Waals surface area contributed by atoms with E-state index in [1.165, 1.54) is 12.0 Å². The van der Waals surface area contributed by atoms with Crippen LogP contribution < -0.4 is 4.74 Å². The monoisotopic (exact) mass is 562 g/mol. The van der Waals surface area contributed by atoms with Crippen molar-refractivity contribution < 1.29 is 60.4 Å². The summed E-state index contributed by atoms with van der Waals surface area (Å²) in [6.45, 7) is 4.48. The van der Waals surface area contributed by atoms with Crippen molar-refractivity contribution in [2.24, 2.45) is 0 Å². The molecule has 3 atom stereocenters. The van der Waals surface area contributed by atoms with Gasteiger partial charge in [0.05, 0.1) is 19.8 Å². The highest BCUT2D eigenvalue weighted by Gasteiger charge is 2.44. The molecule has 0 amide bonds. The number of nitrogens with zero attached hydrogens (tertiary/aromatic N) is 2. The summed E-state index contributed by atoms with van der Waals surface area (Å²) in [6, 6.07) is 8.84. The molecule has 0 bridgehead atoms. The van der Waals surface area contributed by atoms with Crippen LogP contribution in [0, 0.1) is 0 Å². The molecule has 0 spiro atoms. The number of carboxylic acid groups (broad SMARTS) is 2. The number of benzene rings is 1. The molecule has 0 aromatic heterocycles. The van der Waals surface area contributed by atoms with Crippen molar-refractivity contribution in [1.29, 1.82) is 0 Å². The first-order valence-electron chi connectivity index (χ1n) is 11.4. The molecular weight excluding hydrogens is 530 g/mol. The van der Waals surface area contributed by atoms with Gasteiger partial charge in [-0.1, -0.05) is 12.1 Å². The van der Waals surface area contributed by atoms with E-state index in [0.717, 1.165) is 45.0 Å². The number of fused-ring (bicyclic) bond motifs is 1. The van der Waals surface area contributed by atoms with Crippen molar-refractivity contribution in [1.82, 2.24) is 9.80 Å². The zero-order chi connectivity index (χ0) is 29.1. The molecule has 1 aromatic carbocycles. The molecule has 0 unspecified atom stereocenters. The van der Waals surface area contributed by atoms with E-state index in [1.54, 1.807) is 7.11 Å². The highest BCUT2D eigenvalue weighted by molar-refractivity contribution is 5.73. The maximum Gasteiger partial charge on any atom is 0.490 e. The molecule has 3 rings (SSSR count). The highest BCUT2D eigenvalue weighted by Crippen LogP contribution is 2.32. The van der Waals surface area contributed by atoms with Crippen LogP contribution in [0.2, 0.25) is 0 Å². The predicted molar refractivity (Wildman–Crippen MR) is 122 cm³/mol. The van der Waals surface area contributed by atoms with Gasteiger partial charge in [0.2, 0.25) is 0 Å². The summed E-state index contributed by atoms with van der Waals surface area (Å²) in [5, 5.41) is 14.2. The van der Waals surface area contributed by atoms with Gasteiger partial charge in [-0.15, -0.1) is 0 Å². The van der Waals surface area contributed by atoms with Crippen molar-refractivity contribution >= 4 is 11.9 Å². The number of aliphatic carboxylic acids is 2. The predicted octanol–water partition coefficient (Wildman–Crippen LogP) is 3.27. The van der Waals surface area contributed by atoms with Gasteiger partial charge in [-0.25, -0.2) is 9.59 Å². The number of hydrogen-bond acceptors (Lipinski definition) is 7. The first kappa shape index (κ1) is 33.4. The zero-order valence-electron chi connectivity index (χ0n) is 21.1. The van der Waals surface area contributed by atoms with Gasteiger partial charge >= 0.3 is 24.3 Å². The maximum absolute atomic E-state index is 10.6. The SMILES string of the molecule is COc1ccc(CN2C[C@H](OCCN(C)C)[C@H]3OCCC[C@H]32)cc1.O=C(O)C(F)(F)F.O=C(O)C(F)(F)F. The molecule has 0 saturated carbocycles. The number of carboxylic acids is 2. The summed E-state index contributed by atoms with van der Waals surface area (Å²) < 4.78 is 81.0. The van der Waals surface area contributed by atoms with Gasteiger partial charge in [0, 0.05) is 32.3 Å². The van der Waals surface area contributed by atoms with Crippen LogP contribution in [0.5, 0.6) is 5.75 Å². The highest BCUT2D eigenvalue weighted by atomic mass is 19.4. The van der Waals surface area contributed by atoms with Crippen LogP contribution >= 0.6 is 0 Å². The second kappa shape index (κ2) is 15.1. The molecule has 2 N–H and O–H groups in total. The van der Waals surface area contributed by atoms with E-state index in [1.807, 2.05) is 12.1 Å². The second-order valence-corrected chi connectivity index (χ2v) is 8.64. The van der Waals surface area contributed by atoms with Crippen LogP contribution in [0.1, 0.15) is 18.4 Å². The number of likely N-dealkylation sites (N-methyl/N-ethyl adjacent to an activating group) is 1. The van der Waals surface area contributed by atoms with E-state index in [2.05, 4.69) is 36.0 Å². The fourth-order valence-electron chi connectivity index (χ4n) is 3.68. The molecule has 2 heterocycles. The quantitative estimate of drug-likeness (QED) is 0.484. The van der Waals surface area contributed by atoms with Gasteiger partial charge in [0.15, 0.2) is 0 Å². The number of hydrogen-bond donors (Lipinski definition) is 2. The van der Waals surface area contributed by atoms with Gasteiger partial charge in [-0.2, -0.15) is 26.3 Å². The Labute approximate surface area is 215 Å². The van der Waals surface area contributed by atoms with E-state index in [-0.39, 0.29) is 12.2 Å². The number of carbonyl (C=O) groups is 2. The van der Waals surface area contributed by atoms with Crippen molar-refractivity contribution in [2.45, 2.75) is 50.0 Å². The Hall–Kier alpha value is -2.62. The number of ether oxygens (including phenoxy) is 3. The normalized spacial score (nSPS) is 21.5. The van der Waals surface area contributed by atoms with E-state index < -0.39 is 24.3 Å². The van der Waals surface area contributed by atoms with E-state index in [9.17, 15) is 26.3 Å². The minimum atomic E-state index is -5.08. The van der Waals surface area contributed by atoms with Crippen molar-refractivity contribution in [3.63, 3.8) is 0 Å². The molecule has 218 valence electrons. The summed E-state index contributed by atoms with van der Waals surface area (Å²) in [7, 11) is 5.86. The summed E-state index contributed by atoms with van der Waals surface area (Å²) in [4.78, 5) is 22.5. The molecule has 0 radical (unpaired) electrons. The molecule has 1 aromatic rings. The standard InChI is InChI=1S/C19H30N2O3.2C2HF3O2/c1-20(2)10-12-23-18-14-21(17-5-4-11-24-19(17)18)13-15-6-8-16(22-3)9-7-15;2*3-2(4,5)1(6)7/h6-9,17-19H,4-5,10-14H2,1-3H3;2*(H,6,7)/t17-,18+,19+;;/m1../s1. The van der Waals surface area contributed by atoms with Gasteiger partial charge in [-0.3, -0.25) is 4.90 Å². The zero-order valence-corrected chi connectivity index (χ0v) is 21.1. The van der Waals surface area contributed by atoms with Crippen LogP contribution in [0.3, 0.4) is 0 Å². The first-order chi connectivity index (χ1) is 17.6. The van der Waals surface area contributed by atoms with Crippen molar-refractivity contribution in [3.8, 4) is 5.75 Å². The second-order valence-electron chi connectivity index (χ2n) is 8.64. The number of halogens is 6. The molecule has 9 nitrogen and oxygen atoms in total. The molecule has 2 aliphatic rings. The van der Waals surface area contributed by atoms with Crippen LogP contribution in [0.25, 0.3) is 0 Å². The van der Waals surface area contributed by atoms with Gasteiger partial charge in [0.25, 0.3) is 0 Å². The number of methoxy groups -OCH3 is 1. The molecule has 38 heavy (non-hydrogen) atoms. The summed E-state index contributed by atoms with van der Waals surface area (Å²) in [5.74, 6) is -4.61. The molecule has 15 heteroatoms. The lowest BCUT2D eigenvalue weighted by Crippen LogP contribution is -2.42. The molecular formula is C23H32F6N2O7. The van der Waals surface area contributed by atoms with Gasteiger partial charge in [-0.05, 0) is 44.6 Å².